The second kappa shape index (κ2) is 12.6. The fourth-order valence-corrected chi connectivity index (χ4v) is 4.48. The molecule has 2 aromatic heterocycles. The number of piperazine rings is 1. The summed E-state index contributed by atoms with van der Waals surface area (Å²) in [4.78, 5) is 26.5. The first-order valence-electron chi connectivity index (χ1n) is 13.5. The van der Waals surface area contributed by atoms with Gasteiger partial charge < -0.3 is 20.3 Å². The highest BCUT2D eigenvalue weighted by atomic mass is 16.5. The highest BCUT2D eigenvalue weighted by Gasteiger charge is 2.14. The molecule has 0 atom stereocenters. The van der Waals surface area contributed by atoms with Crippen LogP contribution in [0.2, 0.25) is 0 Å². The number of ether oxygens (including phenoxy) is 1. The zero-order valence-corrected chi connectivity index (χ0v) is 23.8. The van der Waals surface area contributed by atoms with Gasteiger partial charge in [-0.3, -0.25) is 14.4 Å². The van der Waals surface area contributed by atoms with Crippen molar-refractivity contribution in [1.29, 1.82) is 0 Å². The molecule has 0 spiro atoms. The van der Waals surface area contributed by atoms with E-state index in [9.17, 15) is 4.79 Å². The van der Waals surface area contributed by atoms with Crippen molar-refractivity contribution in [2.24, 2.45) is 7.05 Å². The van der Waals surface area contributed by atoms with Crippen LogP contribution < -0.4 is 15.4 Å². The molecule has 5 rings (SSSR count). The number of methoxy groups -OCH3 is 1. The Balaban J connectivity index is 1.20. The molecule has 1 aliphatic heterocycles. The molecule has 0 bridgehead atoms. The van der Waals surface area contributed by atoms with Crippen molar-refractivity contribution in [2.45, 2.75) is 13.5 Å². The number of amides is 1. The van der Waals surface area contributed by atoms with Crippen molar-refractivity contribution in [3.63, 3.8) is 0 Å². The number of nitrogens with one attached hydrogen (secondary N) is 2. The second-order valence-corrected chi connectivity index (χ2v) is 10.2. The summed E-state index contributed by atoms with van der Waals surface area (Å²) in [6, 6.07) is 13.6. The van der Waals surface area contributed by atoms with E-state index in [1.807, 2.05) is 37.3 Å². The third-order valence-electron chi connectivity index (χ3n) is 6.94. The SMILES string of the molecule is COc1nn(C)cc1Nc1ncc(C#Cc2cc(C(=O)Nc3ccc(CN4CCN(C)CC4)cc3)ccc2C)cn1. The van der Waals surface area contributed by atoms with Crippen molar-refractivity contribution < 1.29 is 9.53 Å². The lowest BCUT2D eigenvalue weighted by atomic mass is 10.0. The second-order valence-electron chi connectivity index (χ2n) is 10.2. The third-order valence-corrected chi connectivity index (χ3v) is 6.94. The van der Waals surface area contributed by atoms with E-state index < -0.39 is 0 Å². The smallest absolute Gasteiger partial charge is 0.256 e. The maximum Gasteiger partial charge on any atom is 0.256 e. The van der Waals surface area contributed by atoms with Gasteiger partial charge in [-0.25, -0.2) is 9.97 Å². The van der Waals surface area contributed by atoms with Crippen LogP contribution in [-0.2, 0) is 13.6 Å². The number of hydrogen-bond donors (Lipinski definition) is 2. The van der Waals surface area contributed by atoms with Gasteiger partial charge in [-0.05, 0) is 49.4 Å². The summed E-state index contributed by atoms with van der Waals surface area (Å²) in [5, 5.41) is 10.3. The first-order valence-corrected chi connectivity index (χ1v) is 13.5. The van der Waals surface area contributed by atoms with Crippen LogP contribution in [0.1, 0.15) is 32.6 Å². The minimum absolute atomic E-state index is 0.176. The first kappa shape index (κ1) is 27.8. The van der Waals surface area contributed by atoms with Crippen LogP contribution in [0.4, 0.5) is 17.3 Å². The van der Waals surface area contributed by atoms with Gasteiger partial charge in [0.1, 0.15) is 5.69 Å². The normalized spacial score (nSPS) is 13.8. The third kappa shape index (κ3) is 7.28. The Labute approximate surface area is 240 Å². The number of benzene rings is 2. The van der Waals surface area contributed by atoms with Gasteiger partial charge in [-0.2, -0.15) is 0 Å². The zero-order valence-electron chi connectivity index (χ0n) is 23.8. The summed E-state index contributed by atoms with van der Waals surface area (Å²) in [6.45, 7) is 7.23. The van der Waals surface area contributed by atoms with Crippen LogP contribution in [0.5, 0.6) is 5.88 Å². The monoisotopic (exact) mass is 550 g/mol. The Kier molecular flexibility index (Phi) is 8.58. The van der Waals surface area contributed by atoms with E-state index in [1.54, 1.807) is 37.4 Å². The molecule has 3 heterocycles. The average molecular weight is 551 g/mol. The molecule has 0 radical (unpaired) electrons. The highest BCUT2D eigenvalue weighted by molar-refractivity contribution is 6.04. The molecule has 10 nitrogen and oxygen atoms in total. The molecule has 0 unspecified atom stereocenters. The Hall–Kier alpha value is -4.72. The van der Waals surface area contributed by atoms with Gasteiger partial charge >= 0.3 is 0 Å². The van der Waals surface area contributed by atoms with E-state index >= 15 is 0 Å². The van der Waals surface area contributed by atoms with Crippen molar-refractivity contribution in [3.8, 4) is 17.7 Å². The summed E-state index contributed by atoms with van der Waals surface area (Å²) in [7, 11) is 5.52. The molecule has 1 fully saturated rings. The Morgan fingerprint density at radius 1 is 1.00 bits per heavy atom. The van der Waals surface area contributed by atoms with E-state index in [0.29, 0.717) is 28.6 Å². The predicted octanol–water partition coefficient (Wildman–Crippen LogP) is 3.67. The Morgan fingerprint density at radius 2 is 1.73 bits per heavy atom. The molecule has 1 saturated heterocycles. The van der Waals surface area contributed by atoms with Gasteiger partial charge in [0, 0.05) is 69.0 Å². The summed E-state index contributed by atoms with van der Waals surface area (Å²) in [6.07, 6.45) is 5.07. The molecule has 4 aromatic rings. The number of likely N-dealkylation sites (N-methyl/N-ethyl adjacent to an activating group) is 1. The Bertz CT molecular complexity index is 1560. The lowest BCUT2D eigenvalue weighted by Gasteiger charge is -2.32. The predicted molar refractivity (Wildman–Crippen MR) is 159 cm³/mol. The van der Waals surface area contributed by atoms with Gasteiger partial charge in [0.15, 0.2) is 0 Å². The lowest BCUT2D eigenvalue weighted by Crippen LogP contribution is -2.43. The number of carbonyl (C=O) groups excluding carboxylic acids is 1. The van der Waals surface area contributed by atoms with E-state index in [0.717, 1.165) is 49.5 Å². The van der Waals surface area contributed by atoms with Gasteiger partial charge in [0.05, 0.1) is 18.9 Å². The molecule has 10 heteroatoms. The fraction of sp³-hybridized carbons (Fsp3) is 0.290. The van der Waals surface area contributed by atoms with Crippen LogP contribution in [0.25, 0.3) is 0 Å². The van der Waals surface area contributed by atoms with Crippen molar-refractivity contribution in [3.05, 3.63) is 88.9 Å². The lowest BCUT2D eigenvalue weighted by molar-refractivity contribution is 0.102. The van der Waals surface area contributed by atoms with Crippen molar-refractivity contribution >= 4 is 23.2 Å². The van der Waals surface area contributed by atoms with Gasteiger partial charge in [-0.15, -0.1) is 5.10 Å². The zero-order chi connectivity index (χ0) is 28.8. The summed E-state index contributed by atoms with van der Waals surface area (Å²) in [5.74, 6) is 6.94. The molecular formula is C31H34N8O2. The number of aryl methyl sites for hydroxylation is 2. The first-order chi connectivity index (χ1) is 19.9. The van der Waals surface area contributed by atoms with Crippen LogP contribution in [0.15, 0.2) is 61.1 Å². The maximum atomic E-state index is 13.0. The number of anilines is 3. The highest BCUT2D eigenvalue weighted by Crippen LogP contribution is 2.23. The number of aromatic nitrogens is 4. The minimum atomic E-state index is -0.176. The molecule has 1 amide bonds. The van der Waals surface area contributed by atoms with Crippen molar-refractivity contribution in [2.75, 3.05) is 51.0 Å². The van der Waals surface area contributed by atoms with Crippen molar-refractivity contribution in [1.82, 2.24) is 29.5 Å². The van der Waals surface area contributed by atoms with E-state index in [4.69, 9.17) is 4.74 Å². The summed E-state index contributed by atoms with van der Waals surface area (Å²) in [5.41, 5.74) is 5.61. The molecule has 2 N–H and O–H groups in total. The number of nitrogens with zero attached hydrogens (tertiary/aromatic N) is 6. The van der Waals surface area contributed by atoms with E-state index in [-0.39, 0.29) is 5.91 Å². The standard InChI is InChI=1S/C31H34N8O2/c1-22-5-9-26(29(40)34-27-11-7-23(8-12-27)20-39-15-13-37(2)14-16-39)17-25(22)10-6-24-18-32-31(33-19-24)35-28-21-38(3)36-30(28)41-4/h5,7-9,11-12,17-19,21H,13-16,20H2,1-4H3,(H,34,40)(H,32,33,35). The van der Waals surface area contributed by atoms with Crippen LogP contribution in [0, 0.1) is 18.8 Å². The molecule has 2 aromatic carbocycles. The molecule has 0 aliphatic carbocycles. The number of hydrogen-bond acceptors (Lipinski definition) is 8. The fourth-order valence-electron chi connectivity index (χ4n) is 4.48. The maximum absolute atomic E-state index is 13.0. The summed E-state index contributed by atoms with van der Waals surface area (Å²) < 4.78 is 6.89. The quantitative estimate of drug-likeness (QED) is 0.336. The minimum Gasteiger partial charge on any atom is -0.478 e. The number of carbonyl (C=O) groups is 1. The molecule has 41 heavy (non-hydrogen) atoms. The topological polar surface area (TPSA) is 100 Å². The Morgan fingerprint density at radius 3 is 2.44 bits per heavy atom. The van der Waals surface area contributed by atoms with Gasteiger partial charge in [0.2, 0.25) is 5.95 Å². The van der Waals surface area contributed by atoms with Gasteiger partial charge in [0.25, 0.3) is 11.8 Å². The number of rotatable bonds is 7. The molecular weight excluding hydrogens is 516 g/mol. The molecule has 1 aliphatic rings. The molecule has 0 saturated carbocycles. The van der Waals surface area contributed by atoms with Crippen LogP contribution >= 0.6 is 0 Å². The van der Waals surface area contributed by atoms with E-state index in [1.165, 1.54) is 5.56 Å². The van der Waals surface area contributed by atoms with E-state index in [2.05, 4.69) is 66.5 Å². The largest absolute Gasteiger partial charge is 0.478 e. The summed E-state index contributed by atoms with van der Waals surface area (Å²) >= 11 is 0. The van der Waals surface area contributed by atoms with Crippen LogP contribution in [0.3, 0.4) is 0 Å². The van der Waals surface area contributed by atoms with Crippen LogP contribution in [-0.4, -0.2) is 75.8 Å². The van der Waals surface area contributed by atoms with Gasteiger partial charge in [-0.1, -0.05) is 30.0 Å². The average Bonchev–Trinajstić information content (AvgIpc) is 3.34. The molecule has 210 valence electrons.